The molecular weight excluding hydrogens is 168 g/mol. The van der Waals surface area contributed by atoms with Gasteiger partial charge in [-0.3, -0.25) is 0 Å². The first kappa shape index (κ1) is 11.3. The molecule has 14 heavy (non-hydrogen) atoms. The number of allylic oxidation sites excluding steroid dienone is 6. The molecule has 0 aliphatic heterocycles. The van der Waals surface area contributed by atoms with E-state index in [-0.39, 0.29) is 0 Å². The van der Waals surface area contributed by atoms with Crippen LogP contribution in [0.25, 0.3) is 0 Å². The maximum absolute atomic E-state index is 2.27. The van der Waals surface area contributed by atoms with Crippen molar-refractivity contribution < 1.29 is 0 Å². The van der Waals surface area contributed by atoms with E-state index in [0.29, 0.717) is 0 Å². The average Bonchev–Trinajstić information content (AvgIpc) is 2.22. The van der Waals surface area contributed by atoms with Crippen molar-refractivity contribution in [3.05, 3.63) is 36.5 Å². The van der Waals surface area contributed by atoms with Crippen LogP contribution < -0.4 is 0 Å². The summed E-state index contributed by atoms with van der Waals surface area (Å²) in [5.74, 6) is 0. The van der Waals surface area contributed by atoms with Crippen LogP contribution in [0.1, 0.15) is 51.4 Å². The van der Waals surface area contributed by atoms with Gasteiger partial charge in [0.25, 0.3) is 0 Å². The van der Waals surface area contributed by atoms with Crippen molar-refractivity contribution in [2.24, 2.45) is 0 Å². The highest BCUT2D eigenvalue weighted by molar-refractivity contribution is 5.10. The van der Waals surface area contributed by atoms with Crippen LogP contribution in [0.15, 0.2) is 36.5 Å². The predicted molar refractivity (Wildman–Crippen MR) is 64.4 cm³/mol. The molecule has 1 aliphatic carbocycles. The summed E-state index contributed by atoms with van der Waals surface area (Å²) in [6.45, 7) is 0. The fourth-order valence-corrected chi connectivity index (χ4v) is 1.71. The van der Waals surface area contributed by atoms with Gasteiger partial charge in [0.05, 0.1) is 0 Å². The van der Waals surface area contributed by atoms with E-state index < -0.39 is 0 Å². The van der Waals surface area contributed by atoms with Gasteiger partial charge in [0.15, 0.2) is 0 Å². The van der Waals surface area contributed by atoms with Gasteiger partial charge in [-0.1, -0.05) is 62.1 Å². The molecule has 0 amide bonds. The lowest BCUT2D eigenvalue weighted by molar-refractivity contribution is 0.600. The highest BCUT2D eigenvalue weighted by Crippen LogP contribution is 2.09. The summed E-state index contributed by atoms with van der Waals surface area (Å²) < 4.78 is 0. The van der Waals surface area contributed by atoms with Crippen molar-refractivity contribution >= 4 is 0 Å². The van der Waals surface area contributed by atoms with Crippen LogP contribution in [0.4, 0.5) is 0 Å². The Hall–Kier alpha value is -0.780. The van der Waals surface area contributed by atoms with Crippen molar-refractivity contribution in [1.82, 2.24) is 0 Å². The van der Waals surface area contributed by atoms with Gasteiger partial charge < -0.3 is 0 Å². The van der Waals surface area contributed by atoms with Crippen LogP contribution in [-0.4, -0.2) is 0 Å². The summed E-state index contributed by atoms with van der Waals surface area (Å²) in [7, 11) is 0. The molecule has 0 N–H and O–H groups in total. The molecule has 0 radical (unpaired) electrons. The molecule has 0 saturated carbocycles. The standard InChI is InChI=1S/C14H22/c1-2-4-6-8-10-12-14-13-11-9-7-5-3-1/h1-6H,7-14H2/b2-1+,5-3-,6-4+. The molecule has 0 aromatic carbocycles. The second-order valence-corrected chi connectivity index (χ2v) is 3.94. The van der Waals surface area contributed by atoms with Gasteiger partial charge in [-0.2, -0.15) is 0 Å². The van der Waals surface area contributed by atoms with E-state index in [9.17, 15) is 0 Å². The first-order chi connectivity index (χ1) is 7.00. The van der Waals surface area contributed by atoms with Gasteiger partial charge in [0, 0.05) is 0 Å². The summed E-state index contributed by atoms with van der Waals surface area (Å²) in [6.07, 6.45) is 24.0. The molecule has 1 aliphatic rings. The van der Waals surface area contributed by atoms with E-state index in [4.69, 9.17) is 0 Å². The van der Waals surface area contributed by atoms with Gasteiger partial charge in [-0.15, -0.1) is 0 Å². The molecule has 0 saturated heterocycles. The molecular formula is C14H22. The lowest BCUT2D eigenvalue weighted by Gasteiger charge is -1.99. The minimum atomic E-state index is 1.24. The quantitative estimate of drug-likeness (QED) is 0.515. The Morgan fingerprint density at radius 3 is 1.36 bits per heavy atom. The normalized spacial score (nSPS) is 27.4. The largest absolute Gasteiger partial charge is 0.0845 e. The molecule has 0 spiro atoms. The third-order valence-corrected chi connectivity index (χ3v) is 2.60. The molecule has 0 bridgehead atoms. The second kappa shape index (κ2) is 8.80. The fourth-order valence-electron chi connectivity index (χ4n) is 1.71. The zero-order chi connectivity index (χ0) is 9.90. The van der Waals surface area contributed by atoms with Gasteiger partial charge in [-0.05, 0) is 25.7 Å². The summed E-state index contributed by atoms with van der Waals surface area (Å²) in [5, 5.41) is 0. The maximum atomic E-state index is 2.27. The molecule has 0 aromatic rings. The third kappa shape index (κ3) is 6.71. The zero-order valence-electron chi connectivity index (χ0n) is 9.12. The van der Waals surface area contributed by atoms with E-state index in [0.717, 1.165) is 0 Å². The van der Waals surface area contributed by atoms with Gasteiger partial charge in [0.1, 0.15) is 0 Å². The molecule has 0 unspecified atom stereocenters. The smallest absolute Gasteiger partial charge is 0.0348 e. The summed E-state index contributed by atoms with van der Waals surface area (Å²) in [6, 6.07) is 0. The van der Waals surface area contributed by atoms with Crippen LogP contribution in [-0.2, 0) is 0 Å². The fraction of sp³-hybridized carbons (Fsp3) is 0.571. The van der Waals surface area contributed by atoms with E-state index in [1.54, 1.807) is 0 Å². The highest BCUT2D eigenvalue weighted by atomic mass is 14.0. The molecule has 0 heteroatoms. The Balaban J connectivity index is 2.27. The highest BCUT2D eigenvalue weighted by Gasteiger charge is 1.89. The van der Waals surface area contributed by atoms with Crippen molar-refractivity contribution in [3.63, 3.8) is 0 Å². The molecule has 0 atom stereocenters. The third-order valence-electron chi connectivity index (χ3n) is 2.60. The lowest BCUT2D eigenvalue weighted by Crippen LogP contribution is -1.79. The SMILES string of the molecule is C1=C\CCCCCCCC/C=C/C=C/1. The van der Waals surface area contributed by atoms with Gasteiger partial charge in [-0.25, -0.2) is 0 Å². The van der Waals surface area contributed by atoms with Crippen molar-refractivity contribution in [2.45, 2.75) is 51.4 Å². The van der Waals surface area contributed by atoms with E-state index in [1.807, 2.05) is 0 Å². The number of rotatable bonds is 0. The molecule has 0 heterocycles. The Bertz CT molecular complexity index is 174. The minimum Gasteiger partial charge on any atom is -0.0845 e. The molecule has 78 valence electrons. The van der Waals surface area contributed by atoms with E-state index in [2.05, 4.69) is 36.5 Å². The maximum Gasteiger partial charge on any atom is -0.0348 e. The molecule has 1 rings (SSSR count). The minimum absolute atomic E-state index is 1.24. The van der Waals surface area contributed by atoms with Crippen LogP contribution >= 0.6 is 0 Å². The van der Waals surface area contributed by atoms with Crippen molar-refractivity contribution in [3.8, 4) is 0 Å². The Morgan fingerprint density at radius 2 is 0.857 bits per heavy atom. The topological polar surface area (TPSA) is 0 Å². The van der Waals surface area contributed by atoms with E-state index in [1.165, 1.54) is 51.4 Å². The van der Waals surface area contributed by atoms with Crippen molar-refractivity contribution in [2.75, 3.05) is 0 Å². The number of hydrogen-bond donors (Lipinski definition) is 0. The number of hydrogen-bond acceptors (Lipinski definition) is 0. The summed E-state index contributed by atoms with van der Waals surface area (Å²) >= 11 is 0. The zero-order valence-corrected chi connectivity index (χ0v) is 9.12. The van der Waals surface area contributed by atoms with Crippen molar-refractivity contribution in [1.29, 1.82) is 0 Å². The molecule has 0 nitrogen and oxygen atoms in total. The summed E-state index contributed by atoms with van der Waals surface area (Å²) in [4.78, 5) is 0. The van der Waals surface area contributed by atoms with Crippen LogP contribution in [0.3, 0.4) is 0 Å². The van der Waals surface area contributed by atoms with E-state index >= 15 is 0 Å². The monoisotopic (exact) mass is 190 g/mol. The Labute approximate surface area is 88.4 Å². The Kier molecular flexibility index (Phi) is 7.10. The average molecular weight is 190 g/mol. The second-order valence-electron chi connectivity index (χ2n) is 3.94. The Morgan fingerprint density at radius 1 is 0.429 bits per heavy atom. The molecule has 0 aromatic heterocycles. The van der Waals surface area contributed by atoms with Crippen LogP contribution in [0.5, 0.6) is 0 Å². The molecule has 0 fully saturated rings. The first-order valence-corrected chi connectivity index (χ1v) is 5.98. The van der Waals surface area contributed by atoms with Gasteiger partial charge in [0.2, 0.25) is 0 Å². The van der Waals surface area contributed by atoms with Crippen LogP contribution in [0, 0.1) is 0 Å². The predicted octanol–water partition coefficient (Wildman–Crippen LogP) is 4.79. The van der Waals surface area contributed by atoms with Crippen LogP contribution in [0.2, 0.25) is 0 Å². The lowest BCUT2D eigenvalue weighted by atomic mass is 10.1. The summed E-state index contributed by atoms with van der Waals surface area (Å²) in [5.41, 5.74) is 0. The van der Waals surface area contributed by atoms with Gasteiger partial charge >= 0.3 is 0 Å². The first-order valence-electron chi connectivity index (χ1n) is 5.98.